The van der Waals surface area contributed by atoms with Crippen molar-refractivity contribution >= 4 is 18.0 Å². The van der Waals surface area contributed by atoms with Crippen LogP contribution in [0.4, 0.5) is 4.79 Å². The Balaban J connectivity index is 1.12. The zero-order valence-electron chi connectivity index (χ0n) is 18.7. The molecule has 1 saturated heterocycles. The molecule has 2 unspecified atom stereocenters. The largest absolute Gasteiger partial charge is 0.481 e. The van der Waals surface area contributed by atoms with Crippen LogP contribution in [-0.2, 0) is 23.8 Å². The third kappa shape index (κ3) is 5.55. The van der Waals surface area contributed by atoms with Gasteiger partial charge in [-0.15, -0.1) is 0 Å². The second-order valence-corrected chi connectivity index (χ2v) is 8.27. The fourth-order valence-electron chi connectivity index (χ4n) is 4.36. The van der Waals surface area contributed by atoms with Crippen molar-refractivity contribution in [3.63, 3.8) is 0 Å². The number of amides is 2. The van der Waals surface area contributed by atoms with E-state index in [1.54, 1.807) is 0 Å². The third-order valence-electron chi connectivity index (χ3n) is 6.08. The number of hydrogen-bond donors (Lipinski definition) is 3. The first-order valence-corrected chi connectivity index (χ1v) is 11.3. The Labute approximate surface area is 197 Å². The van der Waals surface area contributed by atoms with Gasteiger partial charge in [-0.1, -0.05) is 48.5 Å². The van der Waals surface area contributed by atoms with Crippen LogP contribution in [0, 0.1) is 5.92 Å². The molecule has 0 spiro atoms. The lowest BCUT2D eigenvalue weighted by Crippen LogP contribution is -2.43. The van der Waals surface area contributed by atoms with Crippen LogP contribution in [0.1, 0.15) is 23.5 Å². The molecule has 1 aliphatic heterocycles. The Hall–Kier alpha value is -3.43. The lowest BCUT2D eigenvalue weighted by Gasteiger charge is -2.16. The molecule has 0 radical (unpaired) electrons. The lowest BCUT2D eigenvalue weighted by molar-refractivity contribution is -0.142. The number of nitrogens with one attached hydrogen (secondary N) is 2. The Morgan fingerprint density at radius 3 is 2.32 bits per heavy atom. The van der Waals surface area contributed by atoms with Gasteiger partial charge in [-0.3, -0.25) is 9.59 Å². The van der Waals surface area contributed by atoms with Crippen LogP contribution in [0.15, 0.2) is 48.5 Å². The van der Waals surface area contributed by atoms with Gasteiger partial charge in [0.1, 0.15) is 12.5 Å². The van der Waals surface area contributed by atoms with Crippen molar-refractivity contribution in [3.8, 4) is 11.1 Å². The van der Waals surface area contributed by atoms with Crippen LogP contribution in [0.2, 0.25) is 0 Å². The Morgan fingerprint density at radius 1 is 0.971 bits per heavy atom. The van der Waals surface area contributed by atoms with E-state index in [9.17, 15) is 14.4 Å². The van der Waals surface area contributed by atoms with Crippen LogP contribution in [0.25, 0.3) is 11.1 Å². The topological polar surface area (TPSA) is 123 Å². The molecule has 2 aromatic rings. The first-order valence-electron chi connectivity index (χ1n) is 11.3. The monoisotopic (exact) mass is 468 g/mol. The van der Waals surface area contributed by atoms with Crippen LogP contribution in [0.5, 0.6) is 0 Å². The zero-order chi connectivity index (χ0) is 23.9. The number of benzene rings is 2. The molecule has 2 aromatic carbocycles. The highest BCUT2D eigenvalue weighted by atomic mass is 16.5. The molecule has 180 valence electrons. The van der Waals surface area contributed by atoms with Crippen molar-refractivity contribution < 1.29 is 33.7 Å². The molecule has 2 atom stereocenters. The molecule has 1 aliphatic carbocycles. The van der Waals surface area contributed by atoms with E-state index in [1.165, 1.54) is 11.1 Å². The minimum absolute atomic E-state index is 0.00101. The van der Waals surface area contributed by atoms with Crippen molar-refractivity contribution in [2.24, 2.45) is 5.92 Å². The van der Waals surface area contributed by atoms with E-state index in [0.29, 0.717) is 0 Å². The summed E-state index contributed by atoms with van der Waals surface area (Å²) in [5, 5.41) is 14.4. The molecule has 1 heterocycles. The van der Waals surface area contributed by atoms with Crippen LogP contribution in [0.3, 0.4) is 0 Å². The maximum absolute atomic E-state index is 12.1. The number of rotatable bonds is 10. The predicted octanol–water partition coefficient (Wildman–Crippen LogP) is 2.15. The average molecular weight is 469 g/mol. The maximum Gasteiger partial charge on any atom is 0.407 e. The van der Waals surface area contributed by atoms with Crippen molar-refractivity contribution in [3.05, 3.63) is 59.7 Å². The Kier molecular flexibility index (Phi) is 7.76. The van der Waals surface area contributed by atoms with Gasteiger partial charge >= 0.3 is 12.1 Å². The summed E-state index contributed by atoms with van der Waals surface area (Å²) in [4.78, 5) is 35.2. The molecule has 2 amide bonds. The predicted molar refractivity (Wildman–Crippen MR) is 122 cm³/mol. The number of aliphatic carboxylic acids is 1. The van der Waals surface area contributed by atoms with E-state index in [0.717, 1.165) is 11.1 Å². The SMILES string of the molecule is O=C(CCOCCNC(=O)OCC1c2ccccc2-c2ccccc21)NC1COCC1C(=O)O. The summed E-state index contributed by atoms with van der Waals surface area (Å²) < 4.78 is 16.0. The van der Waals surface area contributed by atoms with E-state index >= 15 is 0 Å². The van der Waals surface area contributed by atoms with E-state index in [4.69, 9.17) is 19.3 Å². The van der Waals surface area contributed by atoms with Gasteiger partial charge in [0.05, 0.1) is 32.5 Å². The number of carboxylic acid groups (broad SMARTS) is 1. The number of carbonyl (C=O) groups is 3. The first kappa shape index (κ1) is 23.7. The fraction of sp³-hybridized carbons (Fsp3) is 0.400. The smallest absolute Gasteiger partial charge is 0.407 e. The quantitative estimate of drug-likeness (QED) is 0.457. The normalized spacial score (nSPS) is 18.7. The van der Waals surface area contributed by atoms with Crippen LogP contribution >= 0.6 is 0 Å². The third-order valence-corrected chi connectivity index (χ3v) is 6.08. The summed E-state index contributed by atoms with van der Waals surface area (Å²) in [5.74, 6) is -2.02. The molecule has 9 heteroatoms. The summed E-state index contributed by atoms with van der Waals surface area (Å²) in [5.41, 5.74) is 4.64. The van der Waals surface area contributed by atoms with Gasteiger partial charge in [0.25, 0.3) is 0 Å². The summed E-state index contributed by atoms with van der Waals surface area (Å²) >= 11 is 0. The molecule has 0 aromatic heterocycles. The number of ether oxygens (including phenoxy) is 3. The Morgan fingerprint density at radius 2 is 1.65 bits per heavy atom. The number of hydrogen-bond acceptors (Lipinski definition) is 6. The Bertz CT molecular complexity index is 996. The minimum atomic E-state index is -0.988. The maximum atomic E-state index is 12.1. The molecule has 0 saturated carbocycles. The van der Waals surface area contributed by atoms with Gasteiger partial charge in [-0.25, -0.2) is 4.79 Å². The molecule has 1 fully saturated rings. The zero-order valence-corrected chi connectivity index (χ0v) is 18.7. The summed E-state index contributed by atoms with van der Waals surface area (Å²) in [6.45, 7) is 1.15. The van der Waals surface area contributed by atoms with E-state index in [2.05, 4.69) is 34.9 Å². The first-order chi connectivity index (χ1) is 16.5. The van der Waals surface area contributed by atoms with Gasteiger partial charge in [0.15, 0.2) is 0 Å². The molecule has 0 bridgehead atoms. The highest BCUT2D eigenvalue weighted by molar-refractivity contribution is 5.79. The number of alkyl carbamates (subject to hydrolysis) is 1. The molecule has 9 nitrogen and oxygen atoms in total. The second-order valence-electron chi connectivity index (χ2n) is 8.27. The molecule has 2 aliphatic rings. The average Bonchev–Trinajstić information content (AvgIpc) is 3.42. The summed E-state index contributed by atoms with van der Waals surface area (Å²) in [7, 11) is 0. The van der Waals surface area contributed by atoms with Gasteiger partial charge < -0.3 is 30.0 Å². The van der Waals surface area contributed by atoms with Gasteiger partial charge in [-0.2, -0.15) is 0 Å². The minimum Gasteiger partial charge on any atom is -0.481 e. The van der Waals surface area contributed by atoms with Crippen molar-refractivity contribution in [1.29, 1.82) is 0 Å². The van der Waals surface area contributed by atoms with Gasteiger partial charge in [-0.05, 0) is 22.3 Å². The van der Waals surface area contributed by atoms with Crippen molar-refractivity contribution in [2.45, 2.75) is 18.4 Å². The lowest BCUT2D eigenvalue weighted by atomic mass is 9.98. The summed E-state index contributed by atoms with van der Waals surface area (Å²) in [6, 6.07) is 15.7. The molecule has 4 rings (SSSR count). The highest BCUT2D eigenvalue weighted by Gasteiger charge is 2.35. The van der Waals surface area contributed by atoms with Gasteiger partial charge in [0, 0.05) is 18.9 Å². The second kappa shape index (κ2) is 11.1. The van der Waals surface area contributed by atoms with E-state index in [-0.39, 0.29) is 57.8 Å². The molecular formula is C25H28N2O7. The van der Waals surface area contributed by atoms with Gasteiger partial charge in [0.2, 0.25) is 5.91 Å². The molecule has 34 heavy (non-hydrogen) atoms. The van der Waals surface area contributed by atoms with E-state index < -0.39 is 24.0 Å². The van der Waals surface area contributed by atoms with Crippen molar-refractivity contribution in [1.82, 2.24) is 10.6 Å². The fourth-order valence-corrected chi connectivity index (χ4v) is 4.36. The highest BCUT2D eigenvalue weighted by Crippen LogP contribution is 2.44. The molecular weight excluding hydrogens is 440 g/mol. The summed E-state index contributed by atoms with van der Waals surface area (Å²) in [6.07, 6.45) is -0.433. The van der Waals surface area contributed by atoms with Crippen LogP contribution < -0.4 is 10.6 Å². The van der Waals surface area contributed by atoms with Crippen LogP contribution in [-0.4, -0.2) is 68.7 Å². The number of carboxylic acids is 1. The van der Waals surface area contributed by atoms with E-state index in [1.807, 2.05) is 24.3 Å². The van der Waals surface area contributed by atoms with Crippen molar-refractivity contribution in [2.75, 3.05) is 39.6 Å². The number of carbonyl (C=O) groups excluding carboxylic acids is 2. The number of fused-ring (bicyclic) bond motifs is 3. The standard InChI is InChI=1S/C25H28N2O7/c28-23(27-22-15-33-13-21(22)24(29)30)9-11-32-12-10-26-25(31)34-14-20-18-7-3-1-5-16(18)17-6-2-4-8-19(17)20/h1-8,20-22H,9-15H2,(H,26,31)(H,27,28)(H,29,30). The molecule has 3 N–H and O–H groups in total.